The van der Waals surface area contributed by atoms with Gasteiger partial charge in [-0.1, -0.05) is 18.2 Å². The van der Waals surface area contributed by atoms with Crippen LogP contribution in [0.15, 0.2) is 24.3 Å². The average molecular weight is 346 g/mol. The first-order valence-corrected chi connectivity index (χ1v) is 9.54. The van der Waals surface area contributed by atoms with Gasteiger partial charge in [-0.05, 0) is 31.4 Å². The molecule has 2 aliphatic heterocycles. The molecule has 0 saturated carbocycles. The fraction of sp³-hybridized carbons (Fsp3) is 0.650. The van der Waals surface area contributed by atoms with E-state index in [-0.39, 0.29) is 5.91 Å². The summed E-state index contributed by atoms with van der Waals surface area (Å²) in [6, 6.07) is 8.46. The molecule has 138 valence electrons. The molecule has 0 radical (unpaired) electrons. The van der Waals surface area contributed by atoms with Gasteiger partial charge in [-0.3, -0.25) is 4.79 Å². The van der Waals surface area contributed by atoms with Crippen LogP contribution in [0.25, 0.3) is 0 Å². The van der Waals surface area contributed by atoms with E-state index in [4.69, 9.17) is 9.47 Å². The third-order valence-electron chi connectivity index (χ3n) is 5.15. The highest BCUT2D eigenvalue weighted by molar-refractivity contribution is 5.77. The van der Waals surface area contributed by atoms with Crippen molar-refractivity contribution in [3.05, 3.63) is 29.8 Å². The molecule has 0 spiro atoms. The van der Waals surface area contributed by atoms with Gasteiger partial charge in [0.1, 0.15) is 0 Å². The molecule has 0 aliphatic carbocycles. The summed E-state index contributed by atoms with van der Waals surface area (Å²) < 4.78 is 11.0. The van der Waals surface area contributed by atoms with Crippen LogP contribution in [-0.4, -0.2) is 63.4 Å². The summed E-state index contributed by atoms with van der Waals surface area (Å²) in [7, 11) is 0. The lowest BCUT2D eigenvalue weighted by Crippen LogP contribution is -2.36. The minimum atomic E-state index is 0.274. The third kappa shape index (κ3) is 4.95. The molecule has 1 atom stereocenters. The number of hydrogen-bond acceptors (Lipinski definition) is 4. The smallest absolute Gasteiger partial charge is 0.222 e. The van der Waals surface area contributed by atoms with Gasteiger partial charge < -0.3 is 19.3 Å². The first kappa shape index (κ1) is 18.2. The zero-order valence-corrected chi connectivity index (χ0v) is 15.3. The number of anilines is 1. The molecular formula is C20H30N2O3. The Balaban J connectivity index is 1.52. The Morgan fingerprint density at radius 3 is 2.84 bits per heavy atom. The van der Waals surface area contributed by atoms with Gasteiger partial charge in [0.2, 0.25) is 5.91 Å². The van der Waals surface area contributed by atoms with Gasteiger partial charge in [0.25, 0.3) is 0 Å². The second-order valence-corrected chi connectivity index (χ2v) is 6.88. The van der Waals surface area contributed by atoms with Crippen molar-refractivity contribution in [2.75, 3.05) is 57.5 Å². The molecule has 25 heavy (non-hydrogen) atoms. The van der Waals surface area contributed by atoms with E-state index in [0.717, 1.165) is 65.4 Å². The van der Waals surface area contributed by atoms with Crippen LogP contribution < -0.4 is 4.90 Å². The van der Waals surface area contributed by atoms with E-state index in [1.807, 2.05) is 11.8 Å². The van der Waals surface area contributed by atoms with Crippen LogP contribution in [0.5, 0.6) is 0 Å². The Labute approximate surface area is 150 Å². The summed E-state index contributed by atoms with van der Waals surface area (Å²) in [5.74, 6) is 0.778. The van der Waals surface area contributed by atoms with Crippen LogP contribution in [0.3, 0.4) is 0 Å². The molecule has 2 heterocycles. The molecular weight excluding hydrogens is 316 g/mol. The number of morpholine rings is 1. The van der Waals surface area contributed by atoms with E-state index in [1.54, 1.807) is 0 Å². The quantitative estimate of drug-likeness (QED) is 0.760. The topological polar surface area (TPSA) is 42.0 Å². The van der Waals surface area contributed by atoms with Gasteiger partial charge in [0, 0.05) is 50.8 Å². The van der Waals surface area contributed by atoms with Gasteiger partial charge in [-0.15, -0.1) is 0 Å². The van der Waals surface area contributed by atoms with E-state index >= 15 is 0 Å². The standard InChI is InChI=1S/C20H30N2O3/c1-2-24-16-17-9-10-22(15-17)20(23)8-7-18-5-3-4-6-19(18)21-11-13-25-14-12-21/h3-6,17H,2,7-16H2,1H3/t17-/m0/s1. The lowest BCUT2D eigenvalue weighted by molar-refractivity contribution is -0.130. The van der Waals surface area contributed by atoms with Gasteiger partial charge >= 0.3 is 0 Å². The molecule has 0 unspecified atom stereocenters. The van der Waals surface area contributed by atoms with Gasteiger partial charge in [-0.2, -0.15) is 0 Å². The fourth-order valence-electron chi connectivity index (χ4n) is 3.71. The number of aryl methyl sites for hydroxylation is 1. The molecule has 1 amide bonds. The number of nitrogens with zero attached hydrogens (tertiary/aromatic N) is 2. The van der Waals surface area contributed by atoms with E-state index < -0.39 is 0 Å². The Hall–Kier alpha value is -1.59. The van der Waals surface area contributed by atoms with E-state index in [0.29, 0.717) is 12.3 Å². The summed E-state index contributed by atoms with van der Waals surface area (Å²) in [6.07, 6.45) is 2.46. The first-order valence-electron chi connectivity index (χ1n) is 9.54. The summed E-state index contributed by atoms with van der Waals surface area (Å²) in [6.45, 7) is 8.69. The molecule has 2 aliphatic rings. The molecule has 5 nitrogen and oxygen atoms in total. The van der Waals surface area contributed by atoms with Crippen LogP contribution in [0, 0.1) is 5.92 Å². The number of carbonyl (C=O) groups excluding carboxylic acids is 1. The maximum Gasteiger partial charge on any atom is 0.222 e. The van der Waals surface area contributed by atoms with E-state index in [2.05, 4.69) is 29.2 Å². The molecule has 0 bridgehead atoms. The molecule has 2 saturated heterocycles. The van der Waals surface area contributed by atoms with Crippen LogP contribution in [-0.2, 0) is 20.7 Å². The minimum absolute atomic E-state index is 0.274. The van der Waals surface area contributed by atoms with Crippen molar-refractivity contribution in [1.82, 2.24) is 4.90 Å². The third-order valence-corrected chi connectivity index (χ3v) is 5.15. The Morgan fingerprint density at radius 2 is 2.04 bits per heavy atom. The second kappa shape index (κ2) is 9.20. The summed E-state index contributed by atoms with van der Waals surface area (Å²) >= 11 is 0. The largest absolute Gasteiger partial charge is 0.381 e. The van der Waals surface area contributed by atoms with Crippen molar-refractivity contribution in [3.63, 3.8) is 0 Å². The van der Waals surface area contributed by atoms with E-state index in [9.17, 15) is 4.79 Å². The number of benzene rings is 1. The minimum Gasteiger partial charge on any atom is -0.381 e. The number of hydrogen-bond donors (Lipinski definition) is 0. The lowest BCUT2D eigenvalue weighted by atomic mass is 10.1. The number of ether oxygens (including phenoxy) is 2. The van der Waals surface area contributed by atoms with Crippen molar-refractivity contribution < 1.29 is 14.3 Å². The van der Waals surface area contributed by atoms with Crippen molar-refractivity contribution in [1.29, 1.82) is 0 Å². The van der Waals surface area contributed by atoms with Gasteiger partial charge in [0.05, 0.1) is 19.8 Å². The SMILES string of the molecule is CCOC[C@H]1CCN(C(=O)CCc2ccccc2N2CCOCC2)C1. The number of carbonyl (C=O) groups is 1. The molecule has 0 aromatic heterocycles. The summed E-state index contributed by atoms with van der Waals surface area (Å²) in [5.41, 5.74) is 2.53. The van der Waals surface area contributed by atoms with Crippen LogP contribution in [0.4, 0.5) is 5.69 Å². The molecule has 3 rings (SSSR count). The van der Waals surface area contributed by atoms with Crippen LogP contribution >= 0.6 is 0 Å². The number of amides is 1. The Kier molecular flexibility index (Phi) is 6.70. The highest BCUT2D eigenvalue weighted by Gasteiger charge is 2.26. The summed E-state index contributed by atoms with van der Waals surface area (Å²) in [4.78, 5) is 17.0. The normalized spacial score (nSPS) is 20.9. The Bertz CT molecular complexity index is 558. The molecule has 1 aromatic carbocycles. The zero-order valence-electron chi connectivity index (χ0n) is 15.3. The highest BCUT2D eigenvalue weighted by atomic mass is 16.5. The zero-order chi connectivity index (χ0) is 17.5. The molecule has 1 aromatic rings. The van der Waals surface area contributed by atoms with E-state index in [1.165, 1.54) is 11.3 Å². The van der Waals surface area contributed by atoms with Gasteiger partial charge in [-0.25, -0.2) is 0 Å². The van der Waals surface area contributed by atoms with Crippen molar-refractivity contribution in [2.24, 2.45) is 5.92 Å². The van der Waals surface area contributed by atoms with Crippen molar-refractivity contribution in [2.45, 2.75) is 26.2 Å². The number of likely N-dealkylation sites (tertiary alicyclic amines) is 1. The average Bonchev–Trinajstić information content (AvgIpc) is 3.14. The maximum atomic E-state index is 12.6. The summed E-state index contributed by atoms with van der Waals surface area (Å²) in [5, 5.41) is 0. The second-order valence-electron chi connectivity index (χ2n) is 6.88. The fourth-order valence-corrected chi connectivity index (χ4v) is 3.71. The van der Waals surface area contributed by atoms with Crippen LogP contribution in [0.1, 0.15) is 25.3 Å². The predicted octanol–water partition coefficient (Wildman–Crippen LogP) is 2.34. The molecule has 5 heteroatoms. The Morgan fingerprint density at radius 1 is 1.24 bits per heavy atom. The first-order chi connectivity index (χ1) is 12.3. The van der Waals surface area contributed by atoms with Gasteiger partial charge in [0.15, 0.2) is 0 Å². The van der Waals surface area contributed by atoms with Crippen molar-refractivity contribution >= 4 is 11.6 Å². The number of rotatable bonds is 7. The number of para-hydroxylation sites is 1. The lowest BCUT2D eigenvalue weighted by Gasteiger charge is -2.30. The maximum absolute atomic E-state index is 12.6. The van der Waals surface area contributed by atoms with Crippen molar-refractivity contribution in [3.8, 4) is 0 Å². The highest BCUT2D eigenvalue weighted by Crippen LogP contribution is 2.24. The predicted molar refractivity (Wildman–Crippen MR) is 99.0 cm³/mol. The van der Waals surface area contributed by atoms with Crippen LogP contribution in [0.2, 0.25) is 0 Å². The molecule has 2 fully saturated rings. The molecule has 0 N–H and O–H groups in total. The monoisotopic (exact) mass is 346 g/mol.